The maximum atomic E-state index is 11.7. The summed E-state index contributed by atoms with van der Waals surface area (Å²) in [5.74, 6) is 0.204. The normalized spacial score (nSPS) is 9.95. The number of rotatable bonds is 6. The number of pyridine rings is 1. The van der Waals surface area contributed by atoms with E-state index in [1.54, 1.807) is 31.4 Å². The maximum Gasteiger partial charge on any atom is 0.261 e. The van der Waals surface area contributed by atoms with Crippen molar-refractivity contribution in [2.45, 2.75) is 0 Å². The third kappa shape index (κ3) is 4.03. The van der Waals surface area contributed by atoms with Crippen LogP contribution in [0.4, 0.5) is 5.82 Å². The average molecular weight is 304 g/mol. The van der Waals surface area contributed by atoms with Gasteiger partial charge in [-0.2, -0.15) is 0 Å². The van der Waals surface area contributed by atoms with E-state index in [1.165, 1.54) is 11.3 Å². The SMILES string of the molecule is CNC(=O)c1cccnc1NCCNC(=O)c1cccs1. The minimum Gasteiger partial charge on any atom is -0.368 e. The number of hydrogen-bond donors (Lipinski definition) is 3. The molecule has 0 aliphatic rings. The van der Waals surface area contributed by atoms with Crippen LogP contribution in [0.25, 0.3) is 0 Å². The molecule has 21 heavy (non-hydrogen) atoms. The van der Waals surface area contributed by atoms with Crippen LogP contribution in [0.2, 0.25) is 0 Å². The van der Waals surface area contributed by atoms with Gasteiger partial charge in [0, 0.05) is 26.3 Å². The maximum absolute atomic E-state index is 11.7. The van der Waals surface area contributed by atoms with Crippen molar-refractivity contribution >= 4 is 29.0 Å². The smallest absolute Gasteiger partial charge is 0.261 e. The van der Waals surface area contributed by atoms with Gasteiger partial charge in [0.05, 0.1) is 10.4 Å². The van der Waals surface area contributed by atoms with Gasteiger partial charge >= 0.3 is 0 Å². The van der Waals surface area contributed by atoms with E-state index in [9.17, 15) is 9.59 Å². The molecule has 2 aromatic heterocycles. The van der Waals surface area contributed by atoms with Gasteiger partial charge < -0.3 is 16.0 Å². The lowest BCUT2D eigenvalue weighted by Crippen LogP contribution is -2.29. The third-order valence-corrected chi connectivity index (χ3v) is 3.60. The fourth-order valence-corrected chi connectivity index (χ4v) is 2.36. The second-order valence-corrected chi connectivity index (χ2v) is 5.09. The number of nitrogens with zero attached hydrogens (tertiary/aromatic N) is 1. The summed E-state index contributed by atoms with van der Waals surface area (Å²) in [5, 5.41) is 10.3. The minimum absolute atomic E-state index is 0.0978. The zero-order valence-electron chi connectivity index (χ0n) is 11.6. The number of nitrogens with one attached hydrogen (secondary N) is 3. The summed E-state index contributed by atoms with van der Waals surface area (Å²) >= 11 is 1.40. The molecule has 0 aliphatic carbocycles. The predicted molar refractivity (Wildman–Crippen MR) is 82.8 cm³/mol. The first-order valence-corrected chi connectivity index (χ1v) is 7.33. The largest absolute Gasteiger partial charge is 0.368 e. The molecule has 2 aromatic rings. The lowest BCUT2D eigenvalue weighted by molar-refractivity contribution is 0.0952. The quantitative estimate of drug-likeness (QED) is 0.703. The summed E-state index contributed by atoms with van der Waals surface area (Å²) in [4.78, 5) is 28.2. The summed E-state index contributed by atoms with van der Waals surface area (Å²) in [5.41, 5.74) is 0.476. The lowest BCUT2D eigenvalue weighted by atomic mass is 10.2. The molecule has 0 atom stereocenters. The standard InChI is InChI=1S/C14H16N4O2S/c1-15-13(19)10-4-2-6-16-12(10)17-7-8-18-14(20)11-5-3-9-21-11/h2-6,9H,7-8H2,1H3,(H,15,19)(H,16,17)(H,18,20). The molecule has 0 saturated heterocycles. The summed E-state index contributed by atoms with van der Waals surface area (Å²) in [7, 11) is 1.57. The Labute approximate surface area is 126 Å². The van der Waals surface area contributed by atoms with Crippen LogP contribution in [0.3, 0.4) is 0 Å². The van der Waals surface area contributed by atoms with E-state index < -0.39 is 0 Å². The Hall–Kier alpha value is -2.41. The number of anilines is 1. The Kier molecular flexibility index (Phi) is 5.28. The first kappa shape index (κ1) is 15.0. The summed E-state index contributed by atoms with van der Waals surface area (Å²) < 4.78 is 0. The number of amides is 2. The molecule has 2 heterocycles. The van der Waals surface area contributed by atoms with Crippen LogP contribution >= 0.6 is 11.3 Å². The average Bonchev–Trinajstić information content (AvgIpc) is 3.05. The lowest BCUT2D eigenvalue weighted by Gasteiger charge is -2.10. The van der Waals surface area contributed by atoms with Gasteiger partial charge in [-0.3, -0.25) is 9.59 Å². The molecule has 3 N–H and O–H groups in total. The number of carbonyl (C=O) groups excluding carboxylic acids is 2. The van der Waals surface area contributed by atoms with E-state index in [1.807, 2.05) is 11.4 Å². The number of hydrogen-bond acceptors (Lipinski definition) is 5. The highest BCUT2D eigenvalue weighted by molar-refractivity contribution is 7.12. The zero-order valence-corrected chi connectivity index (χ0v) is 12.4. The Bertz CT molecular complexity index is 613. The molecule has 0 aliphatic heterocycles. The van der Waals surface area contributed by atoms with Gasteiger partial charge in [-0.05, 0) is 23.6 Å². The summed E-state index contributed by atoms with van der Waals surface area (Å²) in [6.07, 6.45) is 1.61. The summed E-state index contributed by atoms with van der Waals surface area (Å²) in [6.45, 7) is 0.929. The van der Waals surface area contributed by atoms with Gasteiger partial charge in [0.2, 0.25) is 0 Å². The Morgan fingerprint density at radius 1 is 1.19 bits per heavy atom. The molecule has 7 heteroatoms. The number of aromatic nitrogens is 1. The molecule has 0 fully saturated rings. The zero-order chi connectivity index (χ0) is 15.1. The van der Waals surface area contributed by atoms with Gasteiger partial charge in [-0.1, -0.05) is 6.07 Å². The molecule has 0 spiro atoms. The Balaban J connectivity index is 1.84. The van der Waals surface area contributed by atoms with Crippen molar-refractivity contribution in [1.82, 2.24) is 15.6 Å². The minimum atomic E-state index is -0.201. The van der Waals surface area contributed by atoms with Crippen LogP contribution in [-0.2, 0) is 0 Å². The van der Waals surface area contributed by atoms with Gasteiger partial charge in [-0.25, -0.2) is 4.98 Å². The van der Waals surface area contributed by atoms with Gasteiger partial charge in [0.25, 0.3) is 11.8 Å². The topological polar surface area (TPSA) is 83.1 Å². The van der Waals surface area contributed by atoms with Crippen LogP contribution in [0, 0.1) is 0 Å². The molecule has 0 saturated carbocycles. The van der Waals surface area contributed by atoms with E-state index in [4.69, 9.17) is 0 Å². The third-order valence-electron chi connectivity index (χ3n) is 2.73. The van der Waals surface area contributed by atoms with E-state index in [2.05, 4.69) is 20.9 Å². The van der Waals surface area contributed by atoms with Gasteiger partial charge in [0.15, 0.2) is 0 Å². The van der Waals surface area contributed by atoms with Crippen molar-refractivity contribution in [1.29, 1.82) is 0 Å². The first-order valence-electron chi connectivity index (χ1n) is 6.45. The highest BCUT2D eigenvalue weighted by Gasteiger charge is 2.10. The van der Waals surface area contributed by atoms with Crippen molar-refractivity contribution in [2.75, 3.05) is 25.5 Å². The first-order chi connectivity index (χ1) is 10.2. The van der Waals surface area contributed by atoms with Gasteiger partial charge in [0.1, 0.15) is 5.82 Å². The fraction of sp³-hybridized carbons (Fsp3) is 0.214. The summed E-state index contributed by atoms with van der Waals surface area (Å²) in [6, 6.07) is 7.00. The number of thiophene rings is 1. The van der Waals surface area contributed by atoms with Crippen molar-refractivity contribution in [2.24, 2.45) is 0 Å². The molecular weight excluding hydrogens is 288 g/mol. The van der Waals surface area contributed by atoms with E-state index in [0.29, 0.717) is 29.3 Å². The molecule has 2 rings (SSSR count). The van der Waals surface area contributed by atoms with Crippen LogP contribution < -0.4 is 16.0 Å². The molecular formula is C14H16N4O2S. The molecule has 0 aromatic carbocycles. The van der Waals surface area contributed by atoms with E-state index in [-0.39, 0.29) is 11.8 Å². The molecule has 110 valence electrons. The van der Waals surface area contributed by atoms with Crippen molar-refractivity contribution < 1.29 is 9.59 Å². The molecule has 0 unspecified atom stereocenters. The van der Waals surface area contributed by atoms with Crippen molar-refractivity contribution in [3.05, 3.63) is 46.3 Å². The van der Waals surface area contributed by atoms with Crippen LogP contribution in [0.15, 0.2) is 35.8 Å². The van der Waals surface area contributed by atoms with E-state index in [0.717, 1.165) is 0 Å². The predicted octanol–water partition coefficient (Wildman–Crippen LogP) is 1.34. The van der Waals surface area contributed by atoms with Gasteiger partial charge in [-0.15, -0.1) is 11.3 Å². The molecule has 6 nitrogen and oxygen atoms in total. The Morgan fingerprint density at radius 3 is 2.76 bits per heavy atom. The highest BCUT2D eigenvalue weighted by Crippen LogP contribution is 2.10. The highest BCUT2D eigenvalue weighted by atomic mass is 32.1. The second kappa shape index (κ2) is 7.39. The van der Waals surface area contributed by atoms with Crippen LogP contribution in [-0.4, -0.2) is 36.9 Å². The Morgan fingerprint density at radius 2 is 2.05 bits per heavy atom. The molecule has 0 radical (unpaired) electrons. The monoisotopic (exact) mass is 304 g/mol. The molecule has 2 amide bonds. The van der Waals surface area contributed by atoms with Crippen LogP contribution in [0.5, 0.6) is 0 Å². The van der Waals surface area contributed by atoms with Crippen molar-refractivity contribution in [3.63, 3.8) is 0 Å². The molecule has 0 bridgehead atoms. The fourth-order valence-electron chi connectivity index (χ4n) is 1.72. The number of carbonyl (C=O) groups is 2. The second-order valence-electron chi connectivity index (χ2n) is 4.14. The van der Waals surface area contributed by atoms with E-state index >= 15 is 0 Å². The van der Waals surface area contributed by atoms with Crippen molar-refractivity contribution in [3.8, 4) is 0 Å². The van der Waals surface area contributed by atoms with Crippen LogP contribution in [0.1, 0.15) is 20.0 Å².